The van der Waals surface area contributed by atoms with Crippen molar-refractivity contribution in [2.75, 3.05) is 0 Å². The maximum absolute atomic E-state index is 11.7. The molecular formula is C20H12O6-2. The Bertz CT molecular complexity index is 906. The summed E-state index contributed by atoms with van der Waals surface area (Å²) in [4.78, 5) is 23.4. The van der Waals surface area contributed by atoms with Crippen LogP contribution >= 0.6 is 0 Å². The topological polar surface area (TPSA) is 121 Å². The lowest BCUT2D eigenvalue weighted by Gasteiger charge is -2.18. The molecule has 0 aromatic heterocycles. The van der Waals surface area contributed by atoms with Crippen LogP contribution in [0.25, 0.3) is 22.3 Å². The quantitative estimate of drug-likeness (QED) is 0.747. The summed E-state index contributed by atoms with van der Waals surface area (Å²) in [5, 5.41) is 41.9. The minimum atomic E-state index is -1.23. The summed E-state index contributed by atoms with van der Waals surface area (Å²) in [6.45, 7) is 0. The molecule has 0 atom stereocenters. The molecule has 3 aromatic rings. The second-order valence-electron chi connectivity index (χ2n) is 5.57. The van der Waals surface area contributed by atoms with Gasteiger partial charge in [0.15, 0.2) is 0 Å². The van der Waals surface area contributed by atoms with E-state index in [-0.39, 0.29) is 33.8 Å². The van der Waals surface area contributed by atoms with Crippen LogP contribution in [0.4, 0.5) is 0 Å². The maximum Gasteiger partial charge on any atom is 0.336 e. The van der Waals surface area contributed by atoms with Crippen LogP contribution in [0.1, 0.15) is 20.7 Å². The van der Waals surface area contributed by atoms with Crippen LogP contribution in [-0.2, 0) is 0 Å². The molecule has 0 aliphatic carbocycles. The standard InChI is InChI=1S/C20H14O6/c21-13-5-1-11(2-6-13)17-15(19(23)24)9-10-16(20(25)26)18(17)12-3-7-14(22)8-4-12/h1-10,21-22H,(H,23,24)(H,25,26)/p-2. The molecule has 3 rings (SSSR count). The summed E-state index contributed by atoms with van der Waals surface area (Å²) in [5.74, 6) is -2.97. The van der Waals surface area contributed by atoms with Gasteiger partial charge < -0.3 is 20.4 Å². The van der Waals surface area contributed by atoms with Crippen LogP contribution < -0.4 is 10.2 Å². The zero-order chi connectivity index (χ0) is 18.8. The van der Waals surface area contributed by atoms with Crippen LogP contribution in [-0.4, -0.2) is 22.2 Å². The fraction of sp³-hybridized carbons (Fsp3) is 0. The molecular weight excluding hydrogens is 336 g/mol. The molecule has 0 aliphatic heterocycles. The predicted molar refractivity (Wildman–Crippen MR) is 90.1 cm³/mol. The van der Waals surface area contributed by atoms with Crippen molar-refractivity contribution >= 4 is 11.9 Å². The number of rotatable bonds is 4. The highest BCUT2D eigenvalue weighted by Crippen LogP contribution is 2.38. The number of aromatic carboxylic acids is 2. The van der Waals surface area contributed by atoms with Crippen molar-refractivity contribution in [1.29, 1.82) is 0 Å². The van der Waals surface area contributed by atoms with Crippen molar-refractivity contribution in [3.8, 4) is 33.8 Å². The van der Waals surface area contributed by atoms with Gasteiger partial charge >= 0.3 is 11.9 Å². The average Bonchev–Trinajstić information content (AvgIpc) is 2.61. The third-order valence-corrected chi connectivity index (χ3v) is 3.95. The van der Waals surface area contributed by atoms with Gasteiger partial charge in [0.05, 0.1) is 11.1 Å². The van der Waals surface area contributed by atoms with E-state index in [1.165, 1.54) is 60.7 Å². The van der Waals surface area contributed by atoms with Gasteiger partial charge in [-0.2, -0.15) is 0 Å². The van der Waals surface area contributed by atoms with Gasteiger partial charge in [0.2, 0.25) is 0 Å². The van der Waals surface area contributed by atoms with Gasteiger partial charge in [0.25, 0.3) is 0 Å². The highest BCUT2D eigenvalue weighted by molar-refractivity contribution is 6.08. The normalized spacial score (nSPS) is 10.5. The molecule has 6 heteroatoms. The number of benzene rings is 3. The minimum absolute atomic E-state index is 0.102. The van der Waals surface area contributed by atoms with E-state index in [2.05, 4.69) is 0 Å². The Morgan fingerprint density at radius 2 is 0.885 bits per heavy atom. The first-order valence-electron chi connectivity index (χ1n) is 7.57. The Morgan fingerprint density at radius 1 is 0.577 bits per heavy atom. The Labute approximate surface area is 148 Å². The van der Waals surface area contributed by atoms with Crippen molar-refractivity contribution < 1.29 is 30.0 Å². The Morgan fingerprint density at radius 3 is 1.15 bits per heavy atom. The second kappa shape index (κ2) is 6.60. The summed E-state index contributed by atoms with van der Waals surface area (Å²) in [7, 11) is 0. The number of hydrogen-bond acceptors (Lipinski definition) is 4. The summed E-state index contributed by atoms with van der Waals surface area (Å²) < 4.78 is 0. The lowest BCUT2D eigenvalue weighted by molar-refractivity contribution is -0.268. The molecule has 2 N–H and O–H groups in total. The monoisotopic (exact) mass is 348 g/mol. The lowest BCUT2D eigenvalue weighted by atomic mass is 9.87. The van der Waals surface area contributed by atoms with E-state index >= 15 is 0 Å². The van der Waals surface area contributed by atoms with E-state index in [4.69, 9.17) is 0 Å². The Hall–Kier alpha value is -3.80. The molecule has 0 aliphatic rings. The summed E-state index contributed by atoms with van der Waals surface area (Å²) in [5.41, 5.74) is 0.939. The van der Waals surface area contributed by atoms with Crippen molar-refractivity contribution in [1.82, 2.24) is 0 Å². The molecule has 0 spiro atoms. The van der Waals surface area contributed by atoms with E-state index < -0.39 is 11.9 Å². The Balaban J connectivity index is 2.42. The molecule has 26 heavy (non-hydrogen) atoms. The van der Waals surface area contributed by atoms with Crippen molar-refractivity contribution in [2.24, 2.45) is 0 Å². The zero-order valence-corrected chi connectivity index (χ0v) is 13.3. The first-order valence-corrected chi connectivity index (χ1v) is 7.57. The lowest BCUT2D eigenvalue weighted by Crippen LogP contribution is -2.07. The smallest absolute Gasteiger partial charge is 0.336 e. The molecule has 0 heterocycles. The van der Waals surface area contributed by atoms with Crippen molar-refractivity contribution in [3.63, 3.8) is 0 Å². The van der Waals surface area contributed by atoms with E-state index in [9.17, 15) is 30.0 Å². The van der Waals surface area contributed by atoms with Gasteiger partial charge in [-0.1, -0.05) is 48.5 Å². The first kappa shape index (κ1) is 17.0. The molecule has 0 saturated heterocycles. The van der Waals surface area contributed by atoms with Gasteiger partial charge in [-0.3, -0.25) is 0 Å². The number of carboxylic acids is 2. The second-order valence-corrected chi connectivity index (χ2v) is 5.57. The van der Waals surface area contributed by atoms with Gasteiger partial charge in [0, 0.05) is 11.1 Å². The molecule has 0 saturated carbocycles. The largest absolute Gasteiger partial charge is 0.872 e. The van der Waals surface area contributed by atoms with E-state index in [1.54, 1.807) is 0 Å². The predicted octanol–water partition coefficient (Wildman–Crippen LogP) is 2.56. The fourth-order valence-corrected chi connectivity index (χ4v) is 2.80. The first-order chi connectivity index (χ1) is 12.4. The molecule has 3 aromatic carbocycles. The molecule has 6 nitrogen and oxygen atoms in total. The summed E-state index contributed by atoms with van der Waals surface area (Å²) >= 11 is 0. The van der Waals surface area contributed by atoms with Gasteiger partial charge in [-0.25, -0.2) is 9.59 Å². The van der Waals surface area contributed by atoms with Gasteiger partial charge in [-0.15, -0.1) is 11.5 Å². The number of carbonyl (C=O) groups is 2. The third kappa shape index (κ3) is 3.08. The van der Waals surface area contributed by atoms with Crippen LogP contribution in [0.15, 0.2) is 60.7 Å². The maximum atomic E-state index is 11.7. The van der Waals surface area contributed by atoms with Crippen LogP contribution in [0.2, 0.25) is 0 Å². The van der Waals surface area contributed by atoms with E-state index in [0.717, 1.165) is 0 Å². The summed E-state index contributed by atoms with van der Waals surface area (Å²) in [6, 6.07) is 13.3. The average molecular weight is 348 g/mol. The molecule has 0 radical (unpaired) electrons. The van der Waals surface area contributed by atoms with Crippen molar-refractivity contribution in [3.05, 3.63) is 71.8 Å². The molecule has 0 fully saturated rings. The molecule has 130 valence electrons. The van der Waals surface area contributed by atoms with E-state index in [0.29, 0.717) is 11.1 Å². The van der Waals surface area contributed by atoms with Crippen LogP contribution in [0.5, 0.6) is 11.5 Å². The zero-order valence-electron chi connectivity index (χ0n) is 13.3. The van der Waals surface area contributed by atoms with Gasteiger partial charge in [-0.05, 0) is 23.3 Å². The third-order valence-electron chi connectivity index (χ3n) is 3.95. The van der Waals surface area contributed by atoms with E-state index in [1.807, 2.05) is 0 Å². The highest BCUT2D eigenvalue weighted by Gasteiger charge is 2.23. The highest BCUT2D eigenvalue weighted by atomic mass is 16.4. The summed E-state index contributed by atoms with van der Waals surface area (Å²) in [6.07, 6.45) is 0. The number of carboxylic acid groups (broad SMARTS) is 2. The van der Waals surface area contributed by atoms with Crippen molar-refractivity contribution in [2.45, 2.75) is 0 Å². The minimum Gasteiger partial charge on any atom is -0.872 e. The Kier molecular flexibility index (Phi) is 4.33. The molecule has 0 bridgehead atoms. The number of hydrogen-bond donors (Lipinski definition) is 2. The van der Waals surface area contributed by atoms with Crippen LogP contribution in [0.3, 0.4) is 0 Å². The molecule has 0 unspecified atom stereocenters. The SMILES string of the molecule is O=C(O)c1ccc(C(=O)O)c(-c2ccc([O-])cc2)c1-c1ccc([O-])cc1. The van der Waals surface area contributed by atoms with Gasteiger partial charge in [0.1, 0.15) is 0 Å². The van der Waals surface area contributed by atoms with Crippen LogP contribution in [0, 0.1) is 0 Å². The molecule has 0 amide bonds. The fourth-order valence-electron chi connectivity index (χ4n) is 2.80.